The third-order valence-corrected chi connectivity index (χ3v) is 13.6. The van der Waals surface area contributed by atoms with Crippen molar-refractivity contribution in [2.75, 3.05) is 45.0 Å². The molecule has 3 rings (SSSR count). The van der Waals surface area contributed by atoms with Gasteiger partial charge in [0.2, 0.25) is 35.4 Å². The van der Waals surface area contributed by atoms with Gasteiger partial charge in [-0.25, -0.2) is 4.79 Å². The van der Waals surface area contributed by atoms with Crippen LogP contribution in [0.4, 0.5) is 0 Å². The highest BCUT2D eigenvalue weighted by molar-refractivity contribution is 8.13. The minimum atomic E-state index is -1.36. The quantitative estimate of drug-likeness (QED) is 0.0337. The van der Waals surface area contributed by atoms with Crippen molar-refractivity contribution in [3.8, 4) is 0 Å². The Morgan fingerprint density at radius 1 is 0.410 bits per heavy atom. The largest absolute Gasteiger partial charge is 0.480 e. The molecule has 0 fully saturated rings. The van der Waals surface area contributed by atoms with Gasteiger partial charge in [0.15, 0.2) is 5.12 Å². The second-order valence-corrected chi connectivity index (χ2v) is 20.4. The number of carboxylic acids is 1. The number of nitrogens with one attached hydrogen (secondary N) is 6. The first-order valence-corrected chi connectivity index (χ1v) is 28.0. The third kappa shape index (κ3) is 26.3. The van der Waals surface area contributed by atoms with E-state index in [0.717, 1.165) is 26.5 Å². The Kier molecular flexibility index (Phi) is 30.8. The van der Waals surface area contributed by atoms with Crippen LogP contribution in [0.15, 0.2) is 36.5 Å². The number of amides is 12. The average Bonchev–Trinajstić information content (AvgIpc) is 4.02. The third-order valence-electron chi connectivity index (χ3n) is 12.8. The highest BCUT2D eigenvalue weighted by Crippen LogP contribution is 2.13. The molecule has 0 spiro atoms. The molecule has 25 heteroatoms. The van der Waals surface area contributed by atoms with Crippen LogP contribution in [-0.4, -0.2) is 165 Å². The van der Waals surface area contributed by atoms with E-state index < -0.39 is 41.8 Å². The molecular weight excluding hydrogens is 1030 g/mol. The standard InChI is InChI=1S/C53H77N9O15S/c1-37(63)78-36-29-44(67)57-38(17-8-11-30-54-41(64)20-5-2-14-33-60-45(68)23-24-46(60)69)51(74)58-39(18-9-12-31-55-42(65)21-6-3-15-34-61-47(70)25-26-48(61)71)52(75)59-40(53(76)77)19-10-13-32-56-43(66)22-7-4-16-35-62-49(72)27-28-50(62)73/h23-28,38-40H,2-22,29-36H2,1H3,(H,54,64)(H,55,65)(H,56,66)(H,57,67)(H,58,74)(H,59,75)(H,76,77). The molecule has 3 aliphatic rings. The molecule has 0 bridgehead atoms. The lowest BCUT2D eigenvalue weighted by Crippen LogP contribution is -2.55. The molecule has 24 nitrogen and oxygen atoms in total. The number of unbranched alkanes of at least 4 members (excludes halogenated alkanes) is 9. The fraction of sp³-hybridized carbons (Fsp3) is 0.623. The Labute approximate surface area is 458 Å². The van der Waals surface area contributed by atoms with Crippen LogP contribution in [0.2, 0.25) is 0 Å². The Bertz CT molecular complexity index is 2200. The van der Waals surface area contributed by atoms with Crippen LogP contribution in [0.1, 0.15) is 148 Å². The molecule has 0 aliphatic carbocycles. The van der Waals surface area contributed by atoms with Gasteiger partial charge in [-0.1, -0.05) is 31.0 Å². The van der Waals surface area contributed by atoms with Crippen molar-refractivity contribution >= 4 is 93.7 Å². The summed E-state index contributed by atoms with van der Waals surface area (Å²) in [7, 11) is 0. The molecule has 0 aromatic carbocycles. The van der Waals surface area contributed by atoms with Crippen molar-refractivity contribution in [1.82, 2.24) is 46.6 Å². The summed E-state index contributed by atoms with van der Waals surface area (Å²) in [6, 6.07) is -3.79. The molecule has 0 saturated carbocycles. The van der Waals surface area contributed by atoms with E-state index >= 15 is 0 Å². The van der Waals surface area contributed by atoms with Crippen LogP contribution in [0, 0.1) is 0 Å². The van der Waals surface area contributed by atoms with Gasteiger partial charge in [0.25, 0.3) is 35.4 Å². The maximum atomic E-state index is 14.0. The summed E-state index contributed by atoms with van der Waals surface area (Å²) < 4.78 is 0. The molecule has 3 heterocycles. The lowest BCUT2D eigenvalue weighted by Gasteiger charge is -2.25. The van der Waals surface area contributed by atoms with E-state index in [2.05, 4.69) is 31.9 Å². The monoisotopic (exact) mass is 1110 g/mol. The van der Waals surface area contributed by atoms with Gasteiger partial charge in [-0.3, -0.25) is 77.0 Å². The van der Waals surface area contributed by atoms with E-state index in [1.165, 1.54) is 43.4 Å². The normalized spacial score (nSPS) is 15.0. The van der Waals surface area contributed by atoms with Gasteiger partial charge in [-0.15, -0.1) is 0 Å². The highest BCUT2D eigenvalue weighted by atomic mass is 32.2. The Balaban J connectivity index is 1.53. The second-order valence-electron chi connectivity index (χ2n) is 19.1. The van der Waals surface area contributed by atoms with Gasteiger partial charge in [0.05, 0.1) is 0 Å². The number of carboxylic acid groups (broad SMARTS) is 1. The Morgan fingerprint density at radius 3 is 1.06 bits per heavy atom. The number of aliphatic carboxylic acids is 1. The number of hydrogen-bond acceptors (Lipinski definition) is 15. The molecule has 12 amide bonds. The van der Waals surface area contributed by atoms with E-state index in [1.54, 1.807) is 0 Å². The molecule has 7 N–H and O–H groups in total. The summed E-state index contributed by atoms with van der Waals surface area (Å²) in [5.74, 6) is -6.02. The van der Waals surface area contributed by atoms with Gasteiger partial charge >= 0.3 is 5.97 Å². The summed E-state index contributed by atoms with van der Waals surface area (Å²) in [4.78, 5) is 176. The zero-order chi connectivity index (χ0) is 57.2. The number of imide groups is 3. The predicted molar refractivity (Wildman–Crippen MR) is 285 cm³/mol. The van der Waals surface area contributed by atoms with Crippen molar-refractivity contribution in [2.24, 2.45) is 0 Å². The second kappa shape index (κ2) is 36.9. The number of hydrogen-bond donors (Lipinski definition) is 7. The van der Waals surface area contributed by atoms with Crippen LogP contribution < -0.4 is 31.9 Å². The lowest BCUT2D eigenvalue weighted by atomic mass is 10.0. The van der Waals surface area contributed by atoms with Crippen LogP contribution >= 0.6 is 11.8 Å². The van der Waals surface area contributed by atoms with Crippen molar-refractivity contribution < 1.29 is 72.2 Å². The van der Waals surface area contributed by atoms with Gasteiger partial charge in [-0.05, 0) is 96.3 Å². The molecule has 0 aromatic heterocycles. The summed E-state index contributed by atoms with van der Waals surface area (Å²) >= 11 is 0.940. The molecular formula is C53H77N9O15S. The smallest absolute Gasteiger partial charge is 0.326 e. The fourth-order valence-electron chi connectivity index (χ4n) is 8.41. The SMILES string of the molecule is CC(=O)SCCC(=O)NC(CCCCNC(=O)CCCCCN1C(=O)C=CC1=O)C(=O)NC(CCCCNC(=O)CCCCCN1C(=O)C=CC1=O)C(=O)NC(CCCCNC(=O)CCCCCN1C(=O)C=CC1=O)C(=O)O. The summed E-state index contributed by atoms with van der Waals surface area (Å²) in [6.07, 6.45) is 15.2. The van der Waals surface area contributed by atoms with E-state index in [1.807, 2.05) is 0 Å². The van der Waals surface area contributed by atoms with Crippen LogP contribution in [0.25, 0.3) is 0 Å². The molecule has 0 radical (unpaired) electrons. The summed E-state index contributed by atoms with van der Waals surface area (Å²) in [5, 5.41) is 26.3. The molecule has 3 unspecified atom stereocenters. The maximum absolute atomic E-state index is 14.0. The topological polar surface area (TPSA) is 341 Å². The van der Waals surface area contributed by atoms with Crippen molar-refractivity contribution in [2.45, 2.75) is 166 Å². The first-order chi connectivity index (χ1) is 37.4. The minimum absolute atomic E-state index is 0.00731. The van der Waals surface area contributed by atoms with E-state index in [-0.39, 0.29) is 148 Å². The van der Waals surface area contributed by atoms with Gasteiger partial charge < -0.3 is 37.0 Å². The van der Waals surface area contributed by atoms with E-state index in [4.69, 9.17) is 0 Å². The van der Waals surface area contributed by atoms with Gasteiger partial charge in [0, 0.05) is 114 Å². The zero-order valence-electron chi connectivity index (χ0n) is 44.6. The number of carbonyl (C=O) groups is 14. The van der Waals surface area contributed by atoms with E-state index in [0.29, 0.717) is 96.3 Å². The van der Waals surface area contributed by atoms with Gasteiger partial charge in [-0.2, -0.15) is 0 Å². The zero-order valence-corrected chi connectivity index (χ0v) is 45.4. The molecule has 3 aliphatic heterocycles. The Morgan fingerprint density at radius 2 is 0.731 bits per heavy atom. The van der Waals surface area contributed by atoms with E-state index in [9.17, 15) is 72.2 Å². The maximum Gasteiger partial charge on any atom is 0.326 e. The van der Waals surface area contributed by atoms with Crippen molar-refractivity contribution in [1.29, 1.82) is 0 Å². The van der Waals surface area contributed by atoms with Crippen LogP contribution in [0.3, 0.4) is 0 Å². The summed E-state index contributed by atoms with van der Waals surface area (Å²) in [6.45, 7) is 2.89. The first-order valence-electron chi connectivity index (χ1n) is 27.0. The summed E-state index contributed by atoms with van der Waals surface area (Å²) in [5.41, 5.74) is 0. The lowest BCUT2D eigenvalue weighted by molar-refractivity contribution is -0.142. The molecule has 3 atom stereocenters. The minimum Gasteiger partial charge on any atom is -0.480 e. The van der Waals surface area contributed by atoms with Crippen LogP contribution in [-0.2, 0) is 67.1 Å². The molecule has 0 aromatic rings. The number of thioether (sulfide) groups is 1. The number of rotatable bonds is 42. The molecule has 430 valence electrons. The molecule has 0 saturated heterocycles. The van der Waals surface area contributed by atoms with Crippen molar-refractivity contribution in [3.63, 3.8) is 0 Å². The highest BCUT2D eigenvalue weighted by Gasteiger charge is 2.30. The molecule has 78 heavy (non-hydrogen) atoms. The van der Waals surface area contributed by atoms with Gasteiger partial charge in [0.1, 0.15) is 18.1 Å². The van der Waals surface area contributed by atoms with Crippen LogP contribution in [0.5, 0.6) is 0 Å². The fourth-order valence-corrected chi connectivity index (χ4v) is 8.99. The average molecular weight is 1110 g/mol. The predicted octanol–water partition coefficient (Wildman–Crippen LogP) is 1.51. The number of carbonyl (C=O) groups excluding carboxylic acids is 13. The van der Waals surface area contributed by atoms with Crippen molar-refractivity contribution in [3.05, 3.63) is 36.5 Å². The number of nitrogens with zero attached hydrogens (tertiary/aromatic N) is 3. The first kappa shape index (κ1) is 65.2. The Hall–Kier alpha value is -7.05.